The monoisotopic (exact) mass is 426 g/mol. The highest BCUT2D eigenvalue weighted by Gasteiger charge is 2.21. The highest BCUT2D eigenvalue weighted by Crippen LogP contribution is 2.19. The smallest absolute Gasteiger partial charge is 0.243 e. The summed E-state index contributed by atoms with van der Waals surface area (Å²) in [5, 5.41) is 8.22. The van der Waals surface area contributed by atoms with Crippen molar-refractivity contribution in [1.29, 1.82) is 0 Å². The van der Waals surface area contributed by atoms with Crippen LogP contribution in [0.15, 0.2) is 42.5 Å². The number of hydrogen-bond acceptors (Lipinski definition) is 5. The van der Waals surface area contributed by atoms with Gasteiger partial charge in [0.2, 0.25) is 17.7 Å². The molecule has 0 aliphatic carbocycles. The van der Waals surface area contributed by atoms with E-state index in [0.717, 1.165) is 16.8 Å². The quantitative estimate of drug-likeness (QED) is 0.572. The summed E-state index contributed by atoms with van der Waals surface area (Å²) in [6.45, 7) is 5.38. The van der Waals surface area contributed by atoms with Crippen LogP contribution in [0.3, 0.4) is 0 Å². The van der Waals surface area contributed by atoms with Crippen LogP contribution in [-0.2, 0) is 14.4 Å². The van der Waals surface area contributed by atoms with Gasteiger partial charge in [0.25, 0.3) is 0 Å². The van der Waals surface area contributed by atoms with E-state index in [1.807, 2.05) is 32.0 Å². The van der Waals surface area contributed by atoms with E-state index in [2.05, 4.69) is 16.0 Å². The molecule has 8 heteroatoms. The van der Waals surface area contributed by atoms with Crippen molar-refractivity contribution in [3.8, 4) is 5.75 Å². The standard InChI is InChI=1S/C23H30N4O4/c1-15-7-6-8-16(2)22(15)26-20(28)13-24-23(30)17(3)27(4)14-21(29)25-18-9-11-19(31-5)12-10-18/h6-12,17H,13-14H2,1-5H3,(H,24,30)(H,25,29)(H,26,28)/t17-/m0/s1. The molecule has 3 amide bonds. The number of rotatable bonds is 9. The topological polar surface area (TPSA) is 99.8 Å². The predicted molar refractivity (Wildman–Crippen MR) is 121 cm³/mol. The molecule has 2 aromatic rings. The Morgan fingerprint density at radius 2 is 1.58 bits per heavy atom. The first kappa shape index (κ1) is 23.9. The largest absolute Gasteiger partial charge is 0.497 e. The number of ether oxygens (including phenoxy) is 1. The van der Waals surface area contributed by atoms with Gasteiger partial charge in [0, 0.05) is 11.4 Å². The van der Waals surface area contributed by atoms with Crippen LogP contribution in [0, 0.1) is 13.8 Å². The number of carbonyl (C=O) groups excluding carboxylic acids is 3. The SMILES string of the molecule is COc1ccc(NC(=O)CN(C)[C@@H](C)C(=O)NCC(=O)Nc2c(C)cccc2C)cc1. The third-order valence-corrected chi connectivity index (χ3v) is 4.98. The van der Waals surface area contributed by atoms with E-state index in [1.165, 1.54) is 0 Å². The molecule has 0 aromatic heterocycles. The molecule has 0 aliphatic heterocycles. The second-order valence-electron chi connectivity index (χ2n) is 7.40. The Bertz CT molecular complexity index is 907. The maximum Gasteiger partial charge on any atom is 0.243 e. The molecular weight excluding hydrogens is 396 g/mol. The second-order valence-corrected chi connectivity index (χ2v) is 7.40. The number of anilines is 2. The van der Waals surface area contributed by atoms with E-state index in [-0.39, 0.29) is 30.8 Å². The summed E-state index contributed by atoms with van der Waals surface area (Å²) in [5.41, 5.74) is 3.30. The Hall–Kier alpha value is -3.39. The number of nitrogens with zero attached hydrogens (tertiary/aromatic N) is 1. The minimum atomic E-state index is -0.588. The molecule has 0 fully saturated rings. The summed E-state index contributed by atoms with van der Waals surface area (Å²) >= 11 is 0. The fraction of sp³-hybridized carbons (Fsp3) is 0.348. The normalized spacial score (nSPS) is 11.5. The van der Waals surface area contributed by atoms with Crippen molar-refractivity contribution in [3.63, 3.8) is 0 Å². The van der Waals surface area contributed by atoms with Gasteiger partial charge in [0.05, 0.1) is 26.2 Å². The Kier molecular flexibility index (Phi) is 8.57. The van der Waals surface area contributed by atoms with Gasteiger partial charge in [-0.25, -0.2) is 0 Å². The molecule has 3 N–H and O–H groups in total. The molecule has 31 heavy (non-hydrogen) atoms. The van der Waals surface area contributed by atoms with Gasteiger partial charge in [-0.15, -0.1) is 0 Å². The third kappa shape index (κ3) is 7.11. The zero-order chi connectivity index (χ0) is 23.0. The van der Waals surface area contributed by atoms with Crippen molar-refractivity contribution in [3.05, 3.63) is 53.6 Å². The zero-order valence-electron chi connectivity index (χ0n) is 18.6. The maximum atomic E-state index is 12.4. The van der Waals surface area contributed by atoms with Crippen LogP contribution in [0.4, 0.5) is 11.4 Å². The van der Waals surface area contributed by atoms with E-state index in [4.69, 9.17) is 4.74 Å². The Labute approximate surface area is 183 Å². The second kappa shape index (κ2) is 11.1. The molecule has 8 nitrogen and oxygen atoms in total. The van der Waals surface area contributed by atoms with Crippen molar-refractivity contribution in [2.75, 3.05) is 37.9 Å². The number of amides is 3. The first-order valence-electron chi connectivity index (χ1n) is 9.99. The molecule has 0 heterocycles. The zero-order valence-corrected chi connectivity index (χ0v) is 18.6. The van der Waals surface area contributed by atoms with Crippen molar-refractivity contribution in [2.45, 2.75) is 26.8 Å². The summed E-state index contributed by atoms with van der Waals surface area (Å²) in [5.74, 6) is -0.198. The summed E-state index contributed by atoms with van der Waals surface area (Å²) in [6, 6.07) is 12.1. The van der Waals surface area contributed by atoms with Crippen molar-refractivity contribution in [1.82, 2.24) is 10.2 Å². The van der Waals surface area contributed by atoms with Gasteiger partial charge in [-0.1, -0.05) is 18.2 Å². The molecule has 166 valence electrons. The van der Waals surface area contributed by atoms with Crippen LogP contribution in [0.5, 0.6) is 5.75 Å². The highest BCUT2D eigenvalue weighted by atomic mass is 16.5. The van der Waals surface area contributed by atoms with Gasteiger partial charge < -0.3 is 20.7 Å². The van der Waals surface area contributed by atoms with E-state index >= 15 is 0 Å². The Balaban J connectivity index is 1.80. The van der Waals surface area contributed by atoms with Gasteiger partial charge in [-0.2, -0.15) is 0 Å². The van der Waals surface area contributed by atoms with Gasteiger partial charge in [-0.3, -0.25) is 19.3 Å². The van der Waals surface area contributed by atoms with Crippen molar-refractivity contribution in [2.24, 2.45) is 0 Å². The van der Waals surface area contributed by atoms with Crippen LogP contribution in [0.2, 0.25) is 0 Å². The average molecular weight is 427 g/mol. The fourth-order valence-corrected chi connectivity index (χ4v) is 2.95. The predicted octanol–water partition coefficient (Wildman–Crippen LogP) is 2.33. The molecule has 1 atom stereocenters. The molecule has 0 radical (unpaired) electrons. The number of benzene rings is 2. The van der Waals surface area contributed by atoms with E-state index in [9.17, 15) is 14.4 Å². The number of methoxy groups -OCH3 is 1. The Morgan fingerprint density at radius 1 is 0.968 bits per heavy atom. The van der Waals surface area contributed by atoms with E-state index < -0.39 is 6.04 Å². The number of para-hydroxylation sites is 1. The summed E-state index contributed by atoms with van der Waals surface area (Å²) in [7, 11) is 3.25. The first-order chi connectivity index (χ1) is 14.7. The molecule has 0 bridgehead atoms. The minimum absolute atomic E-state index is 0.0230. The minimum Gasteiger partial charge on any atom is -0.497 e. The fourth-order valence-electron chi connectivity index (χ4n) is 2.95. The maximum absolute atomic E-state index is 12.4. The number of carbonyl (C=O) groups is 3. The molecule has 0 saturated heterocycles. The lowest BCUT2D eigenvalue weighted by Crippen LogP contribution is -2.47. The summed E-state index contributed by atoms with van der Waals surface area (Å²) in [4.78, 5) is 38.5. The van der Waals surface area contributed by atoms with E-state index in [0.29, 0.717) is 11.4 Å². The Morgan fingerprint density at radius 3 is 2.16 bits per heavy atom. The van der Waals surface area contributed by atoms with Crippen LogP contribution in [-0.4, -0.2) is 55.9 Å². The highest BCUT2D eigenvalue weighted by molar-refractivity contribution is 5.96. The molecule has 2 rings (SSSR count). The van der Waals surface area contributed by atoms with Crippen LogP contribution < -0.4 is 20.7 Å². The van der Waals surface area contributed by atoms with Crippen molar-refractivity contribution >= 4 is 29.1 Å². The van der Waals surface area contributed by atoms with Gasteiger partial charge >= 0.3 is 0 Å². The lowest BCUT2D eigenvalue weighted by molar-refractivity contribution is -0.128. The number of aryl methyl sites for hydroxylation is 2. The summed E-state index contributed by atoms with van der Waals surface area (Å²) < 4.78 is 5.09. The summed E-state index contributed by atoms with van der Waals surface area (Å²) in [6.07, 6.45) is 0. The molecule has 0 spiro atoms. The van der Waals surface area contributed by atoms with Crippen LogP contribution in [0.1, 0.15) is 18.1 Å². The van der Waals surface area contributed by atoms with Gasteiger partial charge in [-0.05, 0) is 63.2 Å². The lowest BCUT2D eigenvalue weighted by Gasteiger charge is -2.23. The number of hydrogen-bond donors (Lipinski definition) is 3. The van der Waals surface area contributed by atoms with Gasteiger partial charge in [0.15, 0.2) is 0 Å². The van der Waals surface area contributed by atoms with Crippen LogP contribution in [0.25, 0.3) is 0 Å². The number of nitrogens with one attached hydrogen (secondary N) is 3. The average Bonchev–Trinajstić information content (AvgIpc) is 2.74. The molecule has 2 aromatic carbocycles. The first-order valence-corrected chi connectivity index (χ1v) is 9.99. The third-order valence-electron chi connectivity index (χ3n) is 4.98. The number of likely N-dealkylation sites (N-methyl/N-ethyl adjacent to an activating group) is 1. The molecular formula is C23H30N4O4. The molecule has 0 unspecified atom stereocenters. The molecule has 0 saturated carbocycles. The molecule has 0 aliphatic rings. The van der Waals surface area contributed by atoms with Crippen LogP contribution >= 0.6 is 0 Å². The van der Waals surface area contributed by atoms with E-state index in [1.54, 1.807) is 50.2 Å². The lowest BCUT2D eigenvalue weighted by atomic mass is 10.1. The van der Waals surface area contributed by atoms with Gasteiger partial charge in [0.1, 0.15) is 5.75 Å². The van der Waals surface area contributed by atoms with Crippen molar-refractivity contribution < 1.29 is 19.1 Å².